The number of aromatic nitrogens is 4. The number of methoxy groups -OCH3 is 2. The predicted molar refractivity (Wildman–Crippen MR) is 361 cm³/mol. The van der Waals surface area contributed by atoms with Gasteiger partial charge in [0.05, 0.1) is 81.0 Å². The van der Waals surface area contributed by atoms with Gasteiger partial charge in [0, 0.05) is 78.0 Å². The van der Waals surface area contributed by atoms with Gasteiger partial charge in [-0.1, -0.05) is 43.9 Å². The van der Waals surface area contributed by atoms with Crippen LogP contribution in [0.25, 0.3) is 11.3 Å². The number of benzene rings is 3. The van der Waals surface area contributed by atoms with Crippen molar-refractivity contribution in [2.45, 2.75) is 154 Å². The molecule has 3 fully saturated rings. The van der Waals surface area contributed by atoms with E-state index in [9.17, 15) is 56.7 Å². The van der Waals surface area contributed by atoms with Crippen LogP contribution >= 0.6 is 15.4 Å². The van der Waals surface area contributed by atoms with Crippen LogP contribution in [0.15, 0.2) is 73.2 Å². The van der Waals surface area contributed by atoms with Crippen molar-refractivity contribution in [1.29, 1.82) is 0 Å². The fourth-order valence-electron chi connectivity index (χ4n) is 12.7. The highest BCUT2D eigenvalue weighted by atomic mass is 31.2. The molecule has 29 nitrogen and oxygen atoms in total. The molecule has 2 unspecified atom stereocenters. The molecule has 5 aromatic rings. The van der Waals surface area contributed by atoms with Crippen molar-refractivity contribution in [1.82, 2.24) is 56.4 Å². The Balaban J connectivity index is 1.27. The zero-order chi connectivity index (χ0) is 80.0. The average molecular weight is 1580 g/mol. The molecule has 0 aliphatic carbocycles. The number of alkyl carbamates (subject to hydrolysis) is 2. The molecule has 108 heavy (non-hydrogen) atoms. The van der Waals surface area contributed by atoms with Gasteiger partial charge < -0.3 is 59.4 Å². The van der Waals surface area contributed by atoms with Crippen LogP contribution in [-0.4, -0.2) is 193 Å². The third-order valence-corrected chi connectivity index (χ3v) is 19.6. The van der Waals surface area contributed by atoms with E-state index in [4.69, 9.17) is 14.0 Å². The number of fused-ring (bicyclic) bond motifs is 2. The molecule has 590 valence electrons. The molecule has 2 aromatic heterocycles. The first-order chi connectivity index (χ1) is 50.2. The van der Waals surface area contributed by atoms with E-state index in [-0.39, 0.29) is 32.5 Å². The van der Waals surface area contributed by atoms with Crippen LogP contribution < -0.4 is 36.1 Å². The van der Waals surface area contributed by atoms with Crippen LogP contribution in [-0.2, 0) is 72.1 Å². The SMILES string of the molecule is COC(=O)N[C@H](C(=O)N[C@@H](Cc1ccc(C#Cc2cnc(N3CC4CCC(C3)N4C3COC3)nc2)cc1)[C@H](CN(Cc1c(F)cc(-c2ccn(C(F)F)n2)cc1F)NC(=O)[C@@H](NC(=O)OC)C(C)(C)C(F)(F)F)OC(=O)CC(C)(C)c1c(CC(=O)NCP(=O)(O)O)cc(C)cc1OP(=O)(O)O)C(C)(C)C(F)(F)F. The second-order valence-electron chi connectivity index (χ2n) is 27.8. The van der Waals surface area contributed by atoms with Gasteiger partial charge in [-0.05, 0) is 107 Å². The lowest BCUT2D eigenvalue weighted by atomic mass is 9.77. The Kier molecular flexibility index (Phi) is 26.5. The Morgan fingerprint density at radius 3 is 1.81 bits per heavy atom. The number of carbonyl (C=O) groups excluding carboxylic acids is 6. The van der Waals surface area contributed by atoms with Crippen molar-refractivity contribution >= 4 is 57.2 Å². The molecule has 2 bridgehead atoms. The Bertz CT molecular complexity index is 4240. The minimum absolute atomic E-state index is 0.0683. The molecular formula is C67H80F10N12O17P2. The number of ether oxygens (including phenoxy) is 4. The molecule has 3 aliphatic rings. The zero-order valence-corrected chi connectivity index (χ0v) is 61.2. The number of phosphoric acid groups is 1. The third-order valence-electron chi connectivity index (χ3n) is 18.6. The fourth-order valence-corrected chi connectivity index (χ4v) is 13.5. The number of piperazine rings is 1. The molecule has 9 N–H and O–H groups in total. The fraction of sp³-hybridized carbons (Fsp3) is 0.507. The highest BCUT2D eigenvalue weighted by molar-refractivity contribution is 7.51. The van der Waals surface area contributed by atoms with Crippen molar-refractivity contribution in [3.05, 3.63) is 124 Å². The molecular weight excluding hydrogens is 1500 g/mol. The molecule has 8 rings (SSSR count). The molecule has 3 aliphatic heterocycles. The number of phosphoric ester groups is 1. The monoisotopic (exact) mass is 1580 g/mol. The van der Waals surface area contributed by atoms with Gasteiger partial charge >= 0.3 is 52.5 Å². The van der Waals surface area contributed by atoms with E-state index < -0.39 is 184 Å². The molecule has 6 atom stereocenters. The summed E-state index contributed by atoms with van der Waals surface area (Å²) >= 11 is 0. The van der Waals surface area contributed by atoms with E-state index in [0.717, 1.165) is 38.3 Å². The zero-order valence-electron chi connectivity index (χ0n) is 59.4. The van der Waals surface area contributed by atoms with Crippen molar-refractivity contribution in [3.63, 3.8) is 0 Å². The summed E-state index contributed by atoms with van der Waals surface area (Å²) in [5.41, 5.74) is -8.22. The van der Waals surface area contributed by atoms with Crippen molar-refractivity contribution in [3.8, 4) is 28.8 Å². The van der Waals surface area contributed by atoms with Crippen LogP contribution in [0.3, 0.4) is 0 Å². The molecule has 0 spiro atoms. The number of aryl methyl sites for hydroxylation is 1. The van der Waals surface area contributed by atoms with Crippen molar-refractivity contribution in [2.75, 3.05) is 58.3 Å². The van der Waals surface area contributed by atoms with Crippen LogP contribution in [0.5, 0.6) is 5.75 Å². The van der Waals surface area contributed by atoms with Gasteiger partial charge in [-0.25, -0.2) is 42.6 Å². The summed E-state index contributed by atoms with van der Waals surface area (Å²) < 4.78 is 202. The first kappa shape index (κ1) is 84.6. The molecule has 0 saturated carbocycles. The topological polar surface area (TPSA) is 377 Å². The van der Waals surface area contributed by atoms with Crippen LogP contribution in [0.2, 0.25) is 0 Å². The van der Waals surface area contributed by atoms with E-state index in [1.54, 1.807) is 5.32 Å². The smallest absolute Gasteiger partial charge is 0.459 e. The highest BCUT2D eigenvalue weighted by Crippen LogP contribution is 2.47. The second-order valence-corrected chi connectivity index (χ2v) is 30.7. The summed E-state index contributed by atoms with van der Waals surface area (Å²) in [5.74, 6) is -3.67. The Labute approximate surface area is 611 Å². The number of rotatable bonds is 29. The molecule has 3 saturated heterocycles. The summed E-state index contributed by atoms with van der Waals surface area (Å²) in [6, 6.07) is 3.39. The largest absolute Gasteiger partial charge is 0.524 e. The number of hydrogen-bond acceptors (Lipinski definition) is 19. The van der Waals surface area contributed by atoms with E-state index in [1.807, 2.05) is 16.1 Å². The summed E-state index contributed by atoms with van der Waals surface area (Å²) in [4.78, 5) is 137. The summed E-state index contributed by atoms with van der Waals surface area (Å²) in [6.07, 6.45) is -14.4. The number of hydrogen-bond donors (Lipinski definition) is 9. The first-order valence-corrected chi connectivity index (χ1v) is 36.4. The van der Waals surface area contributed by atoms with Gasteiger partial charge in [0.2, 0.25) is 17.8 Å². The number of amides is 5. The molecule has 5 heterocycles. The van der Waals surface area contributed by atoms with Gasteiger partial charge in [-0.15, -0.1) is 0 Å². The molecule has 5 amide bonds. The standard InChI is InChI=1S/C67H80F10N12O17P2/c1-36-20-41(25-52(90)80-35-107(96,97)98)54(50(21-36)106-108(99,100)101)63(2,3)26-53(91)105-51(32-87(85-58(93)56(83-62(95)103-9)65(6,7)67(75,76)77)31-45-46(68)23-40(24-47(45)69)48-18-19-88(84-48)59(70)71)49(81-57(92)55(82-61(94)102-8)64(4,5)66(72,73)74)22-38-13-10-37(11-14-38)12-15-39-27-78-60(79-28-39)86-29-42-16-17-43(30-86)89(42)44-33-104-34-44/h10-11,13-14,18-21,23-24,27-28,42-44,49,51,55-56,59H,16-17,22,25-26,29-35H2,1-9H3,(H,80,90)(H,81,92)(H,82,94)(H,83,95)(H,85,93)(H2,96,97,98)(H2,99,100,101)/t42?,43?,49-,51-,55+,56+/m0/s1. The lowest BCUT2D eigenvalue weighted by Gasteiger charge is -2.47. The molecule has 3 aromatic carbocycles. The van der Waals surface area contributed by atoms with Crippen LogP contribution in [0.1, 0.15) is 106 Å². The van der Waals surface area contributed by atoms with Gasteiger partial charge in [-0.2, -0.15) is 40.2 Å². The summed E-state index contributed by atoms with van der Waals surface area (Å²) in [7, 11) is -9.07. The normalized spacial score (nSPS) is 17.1. The summed E-state index contributed by atoms with van der Waals surface area (Å²) in [5, 5.41) is 12.0. The molecule has 41 heteroatoms. The maximum Gasteiger partial charge on any atom is 0.524 e. The van der Waals surface area contributed by atoms with Gasteiger partial charge in [-0.3, -0.25) is 43.9 Å². The number of nitrogens with one attached hydrogen (secondary N) is 5. The number of alkyl halides is 8. The van der Waals surface area contributed by atoms with E-state index in [1.165, 1.54) is 63.5 Å². The molecule has 0 radical (unpaired) electrons. The minimum Gasteiger partial charge on any atom is -0.459 e. The summed E-state index contributed by atoms with van der Waals surface area (Å²) in [6.45, 7) is 2.49. The van der Waals surface area contributed by atoms with E-state index in [0.29, 0.717) is 108 Å². The number of nitrogens with zero attached hydrogens (tertiary/aromatic N) is 7. The quantitative estimate of drug-likeness (QED) is 0.00558. The van der Waals surface area contributed by atoms with Gasteiger partial charge in [0.25, 0.3) is 5.91 Å². The van der Waals surface area contributed by atoms with Crippen LogP contribution in [0, 0.1) is 41.2 Å². The minimum atomic E-state index is -5.61. The lowest BCUT2D eigenvalue weighted by molar-refractivity contribution is -0.221. The number of halogens is 10. The number of hydrazine groups is 1. The third kappa shape index (κ3) is 21.5. The van der Waals surface area contributed by atoms with Crippen LogP contribution in [0.4, 0.5) is 59.4 Å². The Morgan fingerprint density at radius 2 is 1.31 bits per heavy atom. The maximum atomic E-state index is 16.8. The van der Waals surface area contributed by atoms with E-state index >= 15 is 44.7 Å². The Hall–Kier alpha value is -8.99. The number of anilines is 1. The lowest BCUT2D eigenvalue weighted by Crippen LogP contribution is -2.64. The number of esters is 1. The van der Waals surface area contributed by atoms with Gasteiger partial charge in [0.15, 0.2) is 0 Å². The van der Waals surface area contributed by atoms with Crippen molar-refractivity contribution < 1.29 is 125 Å². The first-order valence-electron chi connectivity index (χ1n) is 33.1. The Morgan fingerprint density at radius 1 is 0.750 bits per heavy atom. The average Bonchev–Trinajstić information content (AvgIpc) is 1.68. The maximum absolute atomic E-state index is 16.8. The van der Waals surface area contributed by atoms with E-state index in [2.05, 4.69) is 51.5 Å². The second kappa shape index (κ2) is 33.9. The predicted octanol–water partition coefficient (Wildman–Crippen LogP) is 7.51. The van der Waals surface area contributed by atoms with Gasteiger partial charge in [0.1, 0.15) is 41.9 Å². The number of carbonyl (C=O) groups is 6. The van der Waals surface area contributed by atoms with Crippen molar-refractivity contribution in [2.24, 2.45) is 10.8 Å². The highest BCUT2D eigenvalue weighted by Gasteiger charge is 2.58.